The molecule has 0 unspecified atom stereocenters. The fourth-order valence-corrected chi connectivity index (χ4v) is 2.41. The van der Waals surface area contributed by atoms with Crippen LogP contribution in [0.3, 0.4) is 0 Å². The van der Waals surface area contributed by atoms with E-state index in [1.165, 1.54) is 12.1 Å². The van der Waals surface area contributed by atoms with Gasteiger partial charge in [0.1, 0.15) is 5.82 Å². The van der Waals surface area contributed by atoms with E-state index in [0.717, 1.165) is 5.56 Å². The van der Waals surface area contributed by atoms with Crippen LogP contribution in [0.25, 0.3) is 0 Å². The maximum Gasteiger partial charge on any atom is 0.319 e. The average Bonchev–Trinajstić information content (AvgIpc) is 3.00. The van der Waals surface area contributed by atoms with E-state index >= 15 is 0 Å². The van der Waals surface area contributed by atoms with Gasteiger partial charge in [0.2, 0.25) is 0 Å². The Morgan fingerprint density at radius 1 is 1.44 bits per heavy atom. The second-order valence-corrected chi connectivity index (χ2v) is 5.85. The summed E-state index contributed by atoms with van der Waals surface area (Å²) < 4.78 is 20.1. The zero-order valence-electron chi connectivity index (χ0n) is 14.7. The quantitative estimate of drug-likeness (QED) is 0.766. The summed E-state index contributed by atoms with van der Waals surface area (Å²) in [5.74, 6) is -0.294. The van der Waals surface area contributed by atoms with Crippen LogP contribution in [0.2, 0.25) is 0 Å². The summed E-state index contributed by atoms with van der Waals surface area (Å²) in [6.45, 7) is 1.51. The highest BCUT2D eigenvalue weighted by Gasteiger charge is 2.16. The van der Waals surface area contributed by atoms with Gasteiger partial charge in [-0.3, -0.25) is 4.68 Å². The number of rotatable bonds is 8. The predicted octanol–water partition coefficient (Wildman–Crippen LogP) is 2.09. The summed E-state index contributed by atoms with van der Waals surface area (Å²) in [4.78, 5) is 14.0. The summed E-state index contributed by atoms with van der Waals surface area (Å²) in [6, 6.07) is 5.91. The third-order valence-corrected chi connectivity index (χ3v) is 3.73. The van der Waals surface area contributed by atoms with Crippen molar-refractivity contribution in [1.29, 1.82) is 0 Å². The van der Waals surface area contributed by atoms with Crippen molar-refractivity contribution in [3.8, 4) is 0 Å². The van der Waals surface area contributed by atoms with Gasteiger partial charge in [0, 0.05) is 19.9 Å². The highest BCUT2D eigenvalue weighted by atomic mass is 19.1. The number of benzene rings is 1. The minimum atomic E-state index is -0.338. The number of nitrogens with one attached hydrogen (secondary N) is 2. The van der Waals surface area contributed by atoms with E-state index in [0.29, 0.717) is 25.4 Å². The molecular formula is C17H24FN5O2. The lowest BCUT2D eigenvalue weighted by Gasteiger charge is -2.25. The minimum absolute atomic E-state index is 0.133. The zero-order chi connectivity index (χ0) is 18.2. The lowest BCUT2D eigenvalue weighted by molar-refractivity contribution is 0.183. The first-order chi connectivity index (χ1) is 12.0. The zero-order valence-corrected chi connectivity index (χ0v) is 14.7. The maximum absolute atomic E-state index is 13.4. The molecule has 0 aliphatic carbocycles. The first-order valence-corrected chi connectivity index (χ1v) is 7.97. The van der Waals surface area contributed by atoms with Crippen molar-refractivity contribution < 1.29 is 13.9 Å². The molecule has 0 saturated heterocycles. The van der Waals surface area contributed by atoms with E-state index in [2.05, 4.69) is 15.7 Å². The molecule has 0 aliphatic heterocycles. The number of hydrogen-bond acceptors (Lipinski definition) is 4. The molecule has 0 radical (unpaired) electrons. The Morgan fingerprint density at radius 3 is 2.92 bits per heavy atom. The molecule has 0 saturated carbocycles. The number of aromatic nitrogens is 2. The Balaban J connectivity index is 1.89. The maximum atomic E-state index is 13.4. The molecule has 0 fully saturated rings. The van der Waals surface area contributed by atoms with Crippen LogP contribution in [0.15, 0.2) is 36.7 Å². The topological polar surface area (TPSA) is 71.4 Å². The Labute approximate surface area is 146 Å². The van der Waals surface area contributed by atoms with E-state index in [1.807, 2.05) is 25.1 Å². The second-order valence-electron chi connectivity index (χ2n) is 5.85. The molecule has 25 heavy (non-hydrogen) atoms. The fourth-order valence-electron chi connectivity index (χ4n) is 2.41. The highest BCUT2D eigenvalue weighted by molar-refractivity contribution is 5.88. The third kappa shape index (κ3) is 5.84. The number of methoxy groups -OCH3 is 1. The van der Waals surface area contributed by atoms with Crippen LogP contribution in [-0.4, -0.2) is 55.1 Å². The first kappa shape index (κ1) is 18.9. The van der Waals surface area contributed by atoms with Crippen LogP contribution in [0.1, 0.15) is 11.6 Å². The molecule has 136 valence electrons. The van der Waals surface area contributed by atoms with Gasteiger partial charge in [0.05, 0.1) is 31.1 Å². The molecule has 0 aliphatic rings. The normalized spacial score (nSPS) is 12.2. The van der Waals surface area contributed by atoms with Gasteiger partial charge in [0.15, 0.2) is 0 Å². The van der Waals surface area contributed by atoms with Crippen LogP contribution < -0.4 is 10.6 Å². The largest absolute Gasteiger partial charge is 0.383 e. The number of urea groups is 1. The van der Waals surface area contributed by atoms with Gasteiger partial charge in [0.25, 0.3) is 0 Å². The van der Waals surface area contributed by atoms with Crippen LogP contribution in [-0.2, 0) is 11.3 Å². The molecule has 8 heteroatoms. The Bertz CT molecular complexity index is 689. The van der Waals surface area contributed by atoms with E-state index in [4.69, 9.17) is 4.74 Å². The summed E-state index contributed by atoms with van der Waals surface area (Å²) in [5.41, 5.74) is 1.40. The number of halogens is 1. The second kappa shape index (κ2) is 9.14. The number of carbonyl (C=O) groups is 1. The van der Waals surface area contributed by atoms with Gasteiger partial charge in [-0.15, -0.1) is 0 Å². The molecule has 2 N–H and O–H groups in total. The number of nitrogens with zero attached hydrogens (tertiary/aromatic N) is 3. The highest BCUT2D eigenvalue weighted by Crippen LogP contribution is 2.18. The summed E-state index contributed by atoms with van der Waals surface area (Å²) in [7, 11) is 5.39. The summed E-state index contributed by atoms with van der Waals surface area (Å²) in [5, 5.41) is 9.67. The molecule has 2 rings (SSSR count). The monoisotopic (exact) mass is 349 g/mol. The summed E-state index contributed by atoms with van der Waals surface area (Å²) in [6.07, 6.45) is 3.31. The van der Waals surface area contributed by atoms with Gasteiger partial charge in [-0.05, 0) is 31.8 Å². The van der Waals surface area contributed by atoms with Crippen LogP contribution in [0.4, 0.5) is 14.9 Å². The fraction of sp³-hybridized carbons (Fsp3) is 0.412. The standard InChI is InChI=1S/C17H24FN5O2/c1-22(2)16(13-5-4-6-14(18)9-13)11-19-17(24)21-15-10-20-23(12-15)7-8-25-3/h4-6,9-10,12,16H,7-8,11H2,1-3H3,(H2,19,21,24)/t16-/m0/s1. The van der Waals surface area contributed by atoms with Gasteiger partial charge < -0.3 is 20.3 Å². The number of amides is 2. The van der Waals surface area contributed by atoms with Crippen molar-refractivity contribution >= 4 is 11.7 Å². The molecule has 1 heterocycles. The molecule has 2 amide bonds. The number of ether oxygens (including phenoxy) is 1. The first-order valence-electron chi connectivity index (χ1n) is 7.97. The van der Waals surface area contributed by atoms with Crippen LogP contribution in [0.5, 0.6) is 0 Å². The van der Waals surface area contributed by atoms with Crippen molar-refractivity contribution in [2.45, 2.75) is 12.6 Å². The van der Waals surface area contributed by atoms with E-state index in [1.54, 1.807) is 30.3 Å². The molecular weight excluding hydrogens is 325 g/mol. The van der Waals surface area contributed by atoms with Gasteiger partial charge in [-0.2, -0.15) is 5.10 Å². The third-order valence-electron chi connectivity index (χ3n) is 3.73. The minimum Gasteiger partial charge on any atom is -0.383 e. The Hall–Kier alpha value is -2.45. The smallest absolute Gasteiger partial charge is 0.319 e. The van der Waals surface area contributed by atoms with Crippen LogP contribution in [0, 0.1) is 5.82 Å². The summed E-state index contributed by atoms with van der Waals surface area (Å²) >= 11 is 0. The molecule has 1 aromatic carbocycles. The number of hydrogen-bond donors (Lipinski definition) is 2. The van der Waals surface area contributed by atoms with Gasteiger partial charge in [-0.1, -0.05) is 12.1 Å². The lowest BCUT2D eigenvalue weighted by atomic mass is 10.1. The molecule has 1 atom stereocenters. The molecule has 1 aromatic heterocycles. The number of carbonyl (C=O) groups excluding carboxylic acids is 1. The number of anilines is 1. The lowest BCUT2D eigenvalue weighted by Crippen LogP contribution is -2.36. The van der Waals surface area contributed by atoms with Crippen molar-refractivity contribution in [1.82, 2.24) is 20.0 Å². The van der Waals surface area contributed by atoms with Gasteiger partial charge in [-0.25, -0.2) is 9.18 Å². The SMILES string of the molecule is COCCn1cc(NC(=O)NC[C@@H](c2cccc(F)c2)N(C)C)cn1. The van der Waals surface area contributed by atoms with E-state index < -0.39 is 0 Å². The van der Waals surface area contributed by atoms with Crippen molar-refractivity contribution in [3.05, 3.63) is 48.0 Å². The number of likely N-dealkylation sites (N-methyl/N-ethyl adjacent to an activating group) is 1. The molecule has 0 bridgehead atoms. The molecule has 0 spiro atoms. The van der Waals surface area contributed by atoms with E-state index in [-0.39, 0.29) is 17.9 Å². The van der Waals surface area contributed by atoms with Crippen LogP contribution >= 0.6 is 0 Å². The molecule has 2 aromatic rings. The Morgan fingerprint density at radius 2 is 2.24 bits per heavy atom. The van der Waals surface area contributed by atoms with Crippen molar-refractivity contribution in [2.75, 3.05) is 39.7 Å². The van der Waals surface area contributed by atoms with Crippen molar-refractivity contribution in [3.63, 3.8) is 0 Å². The predicted molar refractivity (Wildman–Crippen MR) is 94.0 cm³/mol. The Kier molecular flexibility index (Phi) is 6.91. The average molecular weight is 349 g/mol. The molecule has 7 nitrogen and oxygen atoms in total. The van der Waals surface area contributed by atoms with E-state index in [9.17, 15) is 9.18 Å². The van der Waals surface area contributed by atoms with Gasteiger partial charge >= 0.3 is 6.03 Å². The van der Waals surface area contributed by atoms with Crippen molar-refractivity contribution in [2.24, 2.45) is 0 Å².